The molecule has 1 aliphatic heterocycles. The first-order chi connectivity index (χ1) is 9.19. The zero-order valence-corrected chi connectivity index (χ0v) is 12.3. The Hall–Kier alpha value is -1.06. The van der Waals surface area contributed by atoms with Crippen LogP contribution in [0.15, 0.2) is 24.3 Å². The minimum Gasteiger partial charge on any atom is -0.369 e. The maximum absolute atomic E-state index is 5.63. The van der Waals surface area contributed by atoms with E-state index in [1.165, 1.54) is 37.3 Å². The van der Waals surface area contributed by atoms with Gasteiger partial charge in [-0.05, 0) is 36.6 Å². The number of nitrogens with zero attached hydrogens (tertiary/aromatic N) is 2. The van der Waals surface area contributed by atoms with Crippen molar-refractivity contribution in [3.05, 3.63) is 29.8 Å². The summed E-state index contributed by atoms with van der Waals surface area (Å²) in [6.45, 7) is 11.1. The first-order valence-electron chi connectivity index (χ1n) is 7.45. The molecule has 2 N–H and O–H groups in total. The average molecular weight is 261 g/mol. The summed E-state index contributed by atoms with van der Waals surface area (Å²) in [6.07, 6.45) is 1.31. The Morgan fingerprint density at radius 1 is 1.05 bits per heavy atom. The molecule has 0 amide bonds. The number of benzene rings is 1. The molecule has 106 valence electrons. The van der Waals surface area contributed by atoms with Crippen LogP contribution in [0.4, 0.5) is 5.69 Å². The van der Waals surface area contributed by atoms with Gasteiger partial charge in [0.25, 0.3) is 0 Å². The highest BCUT2D eigenvalue weighted by Crippen LogP contribution is 2.17. The van der Waals surface area contributed by atoms with Crippen LogP contribution in [0.5, 0.6) is 0 Å². The maximum Gasteiger partial charge on any atom is 0.0367 e. The highest BCUT2D eigenvalue weighted by molar-refractivity contribution is 5.48. The van der Waals surface area contributed by atoms with Crippen molar-refractivity contribution < 1.29 is 0 Å². The molecule has 0 saturated carbocycles. The van der Waals surface area contributed by atoms with Crippen LogP contribution in [0.3, 0.4) is 0 Å². The minimum atomic E-state index is 0.628. The van der Waals surface area contributed by atoms with Gasteiger partial charge in [0.15, 0.2) is 0 Å². The SMILES string of the molecule is CC(C)CCN1CCN(c2ccc(CN)cc2)CC1. The molecule has 2 rings (SSSR count). The minimum absolute atomic E-state index is 0.628. The lowest BCUT2D eigenvalue weighted by Gasteiger charge is -2.36. The van der Waals surface area contributed by atoms with Crippen molar-refractivity contribution in [3.8, 4) is 0 Å². The summed E-state index contributed by atoms with van der Waals surface area (Å²) in [5.41, 5.74) is 8.18. The summed E-state index contributed by atoms with van der Waals surface area (Å²) in [4.78, 5) is 5.07. The normalized spacial score (nSPS) is 17.2. The highest BCUT2D eigenvalue weighted by atomic mass is 15.3. The number of hydrogen-bond acceptors (Lipinski definition) is 3. The Bertz CT molecular complexity index is 364. The molecule has 19 heavy (non-hydrogen) atoms. The van der Waals surface area contributed by atoms with Gasteiger partial charge < -0.3 is 10.6 Å². The number of piperazine rings is 1. The van der Waals surface area contributed by atoms with Crippen LogP contribution in [-0.4, -0.2) is 37.6 Å². The lowest BCUT2D eigenvalue weighted by molar-refractivity contribution is 0.244. The van der Waals surface area contributed by atoms with Gasteiger partial charge in [-0.25, -0.2) is 0 Å². The fourth-order valence-electron chi connectivity index (χ4n) is 2.51. The Labute approximate surface area is 117 Å². The van der Waals surface area contributed by atoms with E-state index in [1.54, 1.807) is 0 Å². The summed E-state index contributed by atoms with van der Waals surface area (Å²) in [7, 11) is 0. The molecule has 3 heteroatoms. The van der Waals surface area contributed by atoms with Crippen LogP contribution < -0.4 is 10.6 Å². The predicted octanol–water partition coefficient (Wildman–Crippen LogP) is 2.31. The third-order valence-corrected chi connectivity index (χ3v) is 3.93. The van der Waals surface area contributed by atoms with Crippen molar-refractivity contribution in [3.63, 3.8) is 0 Å². The molecule has 0 spiro atoms. The molecule has 0 atom stereocenters. The van der Waals surface area contributed by atoms with E-state index >= 15 is 0 Å². The molecule has 3 nitrogen and oxygen atoms in total. The van der Waals surface area contributed by atoms with Gasteiger partial charge in [-0.1, -0.05) is 26.0 Å². The molecule has 1 fully saturated rings. The molecule has 1 aromatic rings. The van der Waals surface area contributed by atoms with Gasteiger partial charge in [0.1, 0.15) is 0 Å². The van der Waals surface area contributed by atoms with Gasteiger partial charge in [0, 0.05) is 38.4 Å². The van der Waals surface area contributed by atoms with E-state index in [0.29, 0.717) is 6.54 Å². The Morgan fingerprint density at radius 2 is 1.68 bits per heavy atom. The molecular formula is C16H27N3. The number of hydrogen-bond donors (Lipinski definition) is 1. The molecule has 0 bridgehead atoms. The third kappa shape index (κ3) is 4.22. The van der Waals surface area contributed by atoms with Crippen LogP contribution in [0.2, 0.25) is 0 Å². The lowest BCUT2D eigenvalue weighted by atomic mass is 10.1. The number of anilines is 1. The summed E-state index contributed by atoms with van der Waals surface area (Å²) in [5, 5.41) is 0. The molecular weight excluding hydrogens is 234 g/mol. The van der Waals surface area contributed by atoms with E-state index in [2.05, 4.69) is 47.9 Å². The fourth-order valence-corrected chi connectivity index (χ4v) is 2.51. The van der Waals surface area contributed by atoms with E-state index < -0.39 is 0 Å². The smallest absolute Gasteiger partial charge is 0.0367 e. The largest absolute Gasteiger partial charge is 0.369 e. The Kier molecular flexibility index (Phi) is 5.23. The number of rotatable bonds is 5. The topological polar surface area (TPSA) is 32.5 Å². The van der Waals surface area contributed by atoms with Crippen LogP contribution in [-0.2, 0) is 6.54 Å². The van der Waals surface area contributed by atoms with Crippen molar-refractivity contribution >= 4 is 5.69 Å². The van der Waals surface area contributed by atoms with Crippen LogP contribution in [0, 0.1) is 5.92 Å². The van der Waals surface area contributed by atoms with E-state index in [0.717, 1.165) is 19.0 Å². The first kappa shape index (κ1) is 14.4. The van der Waals surface area contributed by atoms with Gasteiger partial charge in [-0.2, -0.15) is 0 Å². The second-order valence-electron chi connectivity index (χ2n) is 5.88. The summed E-state index contributed by atoms with van der Waals surface area (Å²) < 4.78 is 0. The van der Waals surface area contributed by atoms with Crippen molar-refractivity contribution in [2.75, 3.05) is 37.6 Å². The van der Waals surface area contributed by atoms with Crippen molar-refractivity contribution in [2.45, 2.75) is 26.8 Å². The fraction of sp³-hybridized carbons (Fsp3) is 0.625. The van der Waals surface area contributed by atoms with Crippen LogP contribution >= 0.6 is 0 Å². The van der Waals surface area contributed by atoms with Gasteiger partial charge >= 0.3 is 0 Å². The molecule has 1 aliphatic rings. The van der Waals surface area contributed by atoms with Crippen LogP contribution in [0.25, 0.3) is 0 Å². The molecule has 1 aromatic carbocycles. The van der Waals surface area contributed by atoms with Gasteiger partial charge in [-0.3, -0.25) is 4.90 Å². The quantitative estimate of drug-likeness (QED) is 0.883. The van der Waals surface area contributed by atoms with Gasteiger partial charge in [0.05, 0.1) is 0 Å². The van der Waals surface area contributed by atoms with Crippen molar-refractivity contribution in [1.82, 2.24) is 4.90 Å². The second-order valence-corrected chi connectivity index (χ2v) is 5.88. The zero-order chi connectivity index (χ0) is 13.7. The van der Waals surface area contributed by atoms with E-state index in [9.17, 15) is 0 Å². The van der Waals surface area contributed by atoms with E-state index in [4.69, 9.17) is 5.73 Å². The van der Waals surface area contributed by atoms with Gasteiger partial charge in [0.2, 0.25) is 0 Å². The second kappa shape index (κ2) is 6.92. The zero-order valence-electron chi connectivity index (χ0n) is 12.3. The molecule has 0 aromatic heterocycles. The molecule has 0 radical (unpaired) electrons. The molecule has 0 unspecified atom stereocenters. The Morgan fingerprint density at radius 3 is 2.21 bits per heavy atom. The first-order valence-corrected chi connectivity index (χ1v) is 7.45. The van der Waals surface area contributed by atoms with E-state index in [-0.39, 0.29) is 0 Å². The summed E-state index contributed by atoms with van der Waals surface area (Å²) in [5.74, 6) is 0.807. The molecule has 1 saturated heterocycles. The maximum atomic E-state index is 5.63. The average Bonchev–Trinajstić information content (AvgIpc) is 2.46. The standard InChI is InChI=1S/C16H27N3/c1-14(2)7-8-18-9-11-19(12-10-18)16-5-3-15(13-17)4-6-16/h3-6,14H,7-13,17H2,1-2H3. The Balaban J connectivity index is 1.81. The van der Waals surface area contributed by atoms with Crippen molar-refractivity contribution in [1.29, 1.82) is 0 Å². The lowest BCUT2D eigenvalue weighted by Crippen LogP contribution is -2.46. The van der Waals surface area contributed by atoms with Crippen LogP contribution in [0.1, 0.15) is 25.8 Å². The van der Waals surface area contributed by atoms with Crippen molar-refractivity contribution in [2.24, 2.45) is 11.7 Å². The van der Waals surface area contributed by atoms with Gasteiger partial charge in [-0.15, -0.1) is 0 Å². The molecule has 1 heterocycles. The highest BCUT2D eigenvalue weighted by Gasteiger charge is 2.16. The third-order valence-electron chi connectivity index (χ3n) is 3.93. The van der Waals surface area contributed by atoms with E-state index in [1.807, 2.05) is 0 Å². The monoisotopic (exact) mass is 261 g/mol. The predicted molar refractivity (Wildman–Crippen MR) is 82.4 cm³/mol. The summed E-state index contributed by atoms with van der Waals surface area (Å²) >= 11 is 0. The number of nitrogens with two attached hydrogens (primary N) is 1. The molecule has 0 aliphatic carbocycles. The summed E-state index contributed by atoms with van der Waals surface area (Å²) in [6, 6.07) is 8.68.